The van der Waals surface area contributed by atoms with Crippen molar-refractivity contribution in [3.8, 4) is 0 Å². The lowest BCUT2D eigenvalue weighted by Gasteiger charge is -2.36. The first-order valence-electron chi connectivity index (χ1n) is 9.10. The molecule has 2 aliphatic carbocycles. The second kappa shape index (κ2) is 7.29. The number of hydrogen-bond acceptors (Lipinski definition) is 0. The molecule has 0 heterocycles. The minimum atomic E-state index is 0.620. The fourth-order valence-electron chi connectivity index (χ4n) is 4.64. The van der Waals surface area contributed by atoms with Gasteiger partial charge < -0.3 is 0 Å². The molecule has 21 heavy (non-hydrogen) atoms. The van der Waals surface area contributed by atoms with Gasteiger partial charge in [-0.2, -0.15) is 0 Å². The molecule has 1 aromatic rings. The summed E-state index contributed by atoms with van der Waals surface area (Å²) in [5, 5.41) is 0. The molecule has 0 aliphatic heterocycles. The van der Waals surface area contributed by atoms with Gasteiger partial charge in [0.05, 0.1) is 0 Å². The van der Waals surface area contributed by atoms with Crippen LogP contribution in [0.4, 0.5) is 0 Å². The zero-order valence-corrected chi connectivity index (χ0v) is 13.4. The van der Waals surface area contributed by atoms with Gasteiger partial charge in [0.1, 0.15) is 0 Å². The molecule has 0 saturated heterocycles. The second-order valence-corrected chi connectivity index (χ2v) is 7.20. The molecule has 0 spiro atoms. The van der Waals surface area contributed by atoms with Crippen LogP contribution >= 0.6 is 0 Å². The van der Waals surface area contributed by atoms with E-state index in [9.17, 15) is 0 Å². The van der Waals surface area contributed by atoms with Gasteiger partial charge in [0.2, 0.25) is 0 Å². The standard InChI is InChI=1S/C21H30/c1-17(18-11-5-2-6-12-18)21(19-13-7-3-8-14-19)20-15-9-4-10-16-20/h3,7-8,13-14,18,20-21H,1-2,4-6,9-12,15-16H2. The van der Waals surface area contributed by atoms with Crippen molar-refractivity contribution in [1.82, 2.24) is 0 Å². The van der Waals surface area contributed by atoms with E-state index in [4.69, 9.17) is 0 Å². The van der Waals surface area contributed by atoms with Crippen molar-refractivity contribution in [2.24, 2.45) is 11.8 Å². The quantitative estimate of drug-likeness (QED) is 0.554. The van der Waals surface area contributed by atoms with E-state index in [0.717, 1.165) is 11.8 Å². The highest BCUT2D eigenvalue weighted by Gasteiger charge is 2.31. The topological polar surface area (TPSA) is 0 Å². The first kappa shape index (κ1) is 14.9. The average molecular weight is 282 g/mol. The number of benzene rings is 1. The minimum absolute atomic E-state index is 0.620. The summed E-state index contributed by atoms with van der Waals surface area (Å²) in [6.07, 6.45) is 14.1. The Labute approximate surface area is 130 Å². The van der Waals surface area contributed by atoms with Crippen LogP contribution in [0.2, 0.25) is 0 Å². The fraction of sp³-hybridized carbons (Fsp3) is 0.619. The molecule has 2 aliphatic rings. The van der Waals surface area contributed by atoms with Gasteiger partial charge in [0.15, 0.2) is 0 Å². The Balaban J connectivity index is 1.82. The van der Waals surface area contributed by atoms with Crippen LogP contribution in [0.3, 0.4) is 0 Å². The Kier molecular flexibility index (Phi) is 5.17. The molecule has 2 saturated carbocycles. The summed E-state index contributed by atoms with van der Waals surface area (Å²) in [5.74, 6) is 2.25. The molecule has 0 aromatic heterocycles. The van der Waals surface area contributed by atoms with Crippen LogP contribution in [0, 0.1) is 11.8 Å². The molecule has 0 radical (unpaired) electrons. The van der Waals surface area contributed by atoms with Gasteiger partial charge in [-0.25, -0.2) is 0 Å². The van der Waals surface area contributed by atoms with Crippen LogP contribution < -0.4 is 0 Å². The van der Waals surface area contributed by atoms with Crippen molar-refractivity contribution in [2.45, 2.75) is 70.1 Å². The van der Waals surface area contributed by atoms with Crippen LogP contribution in [0.15, 0.2) is 42.5 Å². The summed E-state index contributed by atoms with van der Waals surface area (Å²) in [5.41, 5.74) is 3.09. The van der Waals surface area contributed by atoms with E-state index in [1.165, 1.54) is 69.8 Å². The van der Waals surface area contributed by atoms with E-state index in [0.29, 0.717) is 5.92 Å². The lowest BCUT2D eigenvalue weighted by atomic mass is 9.68. The van der Waals surface area contributed by atoms with Crippen LogP contribution in [0.1, 0.15) is 75.7 Å². The highest BCUT2D eigenvalue weighted by molar-refractivity contribution is 5.30. The average Bonchev–Trinajstić information content (AvgIpc) is 2.58. The van der Waals surface area contributed by atoms with Crippen molar-refractivity contribution in [2.75, 3.05) is 0 Å². The second-order valence-electron chi connectivity index (χ2n) is 7.20. The number of rotatable bonds is 4. The third-order valence-electron chi connectivity index (χ3n) is 5.81. The molecule has 0 heteroatoms. The zero-order valence-electron chi connectivity index (χ0n) is 13.4. The smallest absolute Gasteiger partial charge is 0.00765 e. The van der Waals surface area contributed by atoms with E-state index in [1.54, 1.807) is 5.57 Å². The molecule has 1 unspecified atom stereocenters. The molecule has 3 rings (SSSR count). The lowest BCUT2D eigenvalue weighted by molar-refractivity contribution is 0.297. The summed E-state index contributed by atoms with van der Waals surface area (Å²) >= 11 is 0. The largest absolute Gasteiger partial charge is 0.0990 e. The van der Waals surface area contributed by atoms with E-state index in [1.807, 2.05) is 0 Å². The predicted molar refractivity (Wildman–Crippen MR) is 91.5 cm³/mol. The molecule has 0 nitrogen and oxygen atoms in total. The number of allylic oxidation sites excluding steroid dienone is 1. The van der Waals surface area contributed by atoms with Gasteiger partial charge in [0.25, 0.3) is 0 Å². The Morgan fingerprint density at radius 2 is 1.38 bits per heavy atom. The van der Waals surface area contributed by atoms with Gasteiger partial charge in [-0.15, -0.1) is 0 Å². The van der Waals surface area contributed by atoms with Crippen molar-refractivity contribution < 1.29 is 0 Å². The first-order chi connectivity index (χ1) is 10.4. The molecule has 114 valence electrons. The molecule has 1 aromatic carbocycles. The van der Waals surface area contributed by atoms with Crippen molar-refractivity contribution in [3.63, 3.8) is 0 Å². The Hall–Kier alpha value is -1.04. The molecular formula is C21H30. The third kappa shape index (κ3) is 3.59. The van der Waals surface area contributed by atoms with E-state index in [2.05, 4.69) is 36.9 Å². The van der Waals surface area contributed by atoms with E-state index >= 15 is 0 Å². The van der Waals surface area contributed by atoms with Crippen LogP contribution in [-0.2, 0) is 0 Å². The molecular weight excluding hydrogens is 252 g/mol. The lowest BCUT2D eigenvalue weighted by Crippen LogP contribution is -2.22. The maximum Gasteiger partial charge on any atom is 0.00765 e. The van der Waals surface area contributed by atoms with Crippen LogP contribution in [0.25, 0.3) is 0 Å². The third-order valence-corrected chi connectivity index (χ3v) is 5.81. The fourth-order valence-corrected chi connectivity index (χ4v) is 4.64. The minimum Gasteiger partial charge on any atom is -0.0990 e. The summed E-state index contributed by atoms with van der Waals surface area (Å²) < 4.78 is 0. The van der Waals surface area contributed by atoms with Gasteiger partial charge in [-0.05, 0) is 43.1 Å². The molecule has 0 amide bonds. The summed E-state index contributed by atoms with van der Waals surface area (Å²) in [4.78, 5) is 0. The predicted octanol–water partition coefficient (Wildman–Crippen LogP) is 6.49. The van der Waals surface area contributed by atoms with Gasteiger partial charge >= 0.3 is 0 Å². The highest BCUT2D eigenvalue weighted by Crippen LogP contribution is 2.45. The van der Waals surface area contributed by atoms with Crippen molar-refractivity contribution in [3.05, 3.63) is 48.0 Å². The molecule has 0 N–H and O–H groups in total. The Morgan fingerprint density at radius 1 is 0.810 bits per heavy atom. The molecule has 1 atom stereocenters. The zero-order chi connectivity index (χ0) is 14.5. The Morgan fingerprint density at radius 3 is 2.00 bits per heavy atom. The first-order valence-corrected chi connectivity index (χ1v) is 9.10. The maximum atomic E-state index is 4.63. The monoisotopic (exact) mass is 282 g/mol. The van der Waals surface area contributed by atoms with Gasteiger partial charge in [-0.1, -0.05) is 81.0 Å². The van der Waals surface area contributed by atoms with E-state index < -0.39 is 0 Å². The number of hydrogen-bond donors (Lipinski definition) is 0. The van der Waals surface area contributed by atoms with Crippen LogP contribution in [-0.4, -0.2) is 0 Å². The molecule has 2 fully saturated rings. The van der Waals surface area contributed by atoms with Crippen molar-refractivity contribution >= 4 is 0 Å². The summed E-state index contributed by atoms with van der Waals surface area (Å²) in [6.45, 7) is 4.63. The van der Waals surface area contributed by atoms with Gasteiger partial charge in [-0.3, -0.25) is 0 Å². The van der Waals surface area contributed by atoms with Gasteiger partial charge in [0, 0.05) is 5.92 Å². The van der Waals surface area contributed by atoms with E-state index in [-0.39, 0.29) is 0 Å². The summed E-state index contributed by atoms with van der Waals surface area (Å²) in [6, 6.07) is 11.2. The van der Waals surface area contributed by atoms with Crippen LogP contribution in [0.5, 0.6) is 0 Å². The normalized spacial score (nSPS) is 22.9. The summed E-state index contributed by atoms with van der Waals surface area (Å²) in [7, 11) is 0. The SMILES string of the molecule is C=C(C1CCCCC1)C(c1ccccc1)C1CCCCC1. The maximum absolute atomic E-state index is 4.63. The molecule has 0 bridgehead atoms. The Bertz CT molecular complexity index is 432. The highest BCUT2D eigenvalue weighted by atomic mass is 14.4. The van der Waals surface area contributed by atoms with Crippen molar-refractivity contribution in [1.29, 1.82) is 0 Å².